The summed E-state index contributed by atoms with van der Waals surface area (Å²) in [7, 11) is 1.63. The van der Waals surface area contributed by atoms with Crippen LogP contribution in [0, 0.1) is 17.3 Å². The molecule has 1 saturated heterocycles. The minimum Gasteiger partial charge on any atom is -0.497 e. The summed E-state index contributed by atoms with van der Waals surface area (Å²) in [6, 6.07) is 6.39. The largest absolute Gasteiger partial charge is 0.497 e. The first kappa shape index (κ1) is 29.1. The first-order valence-corrected chi connectivity index (χ1v) is 14.8. The summed E-state index contributed by atoms with van der Waals surface area (Å²) >= 11 is 0. The van der Waals surface area contributed by atoms with Crippen LogP contribution >= 0.6 is 0 Å². The van der Waals surface area contributed by atoms with E-state index in [9.17, 15) is 14.4 Å². The molecule has 41 heavy (non-hydrogen) atoms. The quantitative estimate of drug-likeness (QED) is 0.507. The van der Waals surface area contributed by atoms with Gasteiger partial charge in [0.15, 0.2) is 0 Å². The van der Waals surface area contributed by atoms with Crippen molar-refractivity contribution in [2.75, 3.05) is 13.7 Å². The second-order valence-electron chi connectivity index (χ2n) is 13.3. The number of nitrogens with zero attached hydrogens (tertiary/aromatic N) is 2. The molecule has 1 aromatic heterocycles. The van der Waals surface area contributed by atoms with Crippen molar-refractivity contribution >= 4 is 29.2 Å². The number of rotatable bonds is 2. The van der Waals surface area contributed by atoms with Gasteiger partial charge in [0.25, 0.3) is 0 Å². The van der Waals surface area contributed by atoms with Gasteiger partial charge in [-0.05, 0) is 56.2 Å². The van der Waals surface area contributed by atoms with Crippen molar-refractivity contribution in [3.63, 3.8) is 0 Å². The van der Waals surface area contributed by atoms with Gasteiger partial charge in [-0.25, -0.2) is 9.78 Å². The van der Waals surface area contributed by atoms with Gasteiger partial charge in [-0.1, -0.05) is 40.5 Å². The van der Waals surface area contributed by atoms with E-state index >= 15 is 0 Å². The van der Waals surface area contributed by atoms with E-state index in [1.54, 1.807) is 12.0 Å². The Morgan fingerprint density at radius 3 is 2.66 bits per heavy atom. The highest BCUT2D eigenvalue weighted by molar-refractivity contribution is 5.89. The van der Waals surface area contributed by atoms with Crippen LogP contribution < -0.4 is 14.8 Å². The molecule has 1 saturated carbocycles. The number of aldehydes is 1. The number of nitrogens with one attached hydrogen (secondary N) is 1. The van der Waals surface area contributed by atoms with Gasteiger partial charge in [0, 0.05) is 28.9 Å². The molecule has 1 aromatic carbocycles. The van der Waals surface area contributed by atoms with Crippen LogP contribution in [0.2, 0.25) is 0 Å². The standard InChI is InChI=1S/C32H43N3O6/c1-19-25(18-36)35-17-26(19)40-28-21(14-20-12-13-23(39-6)15-24(20)33-28)10-8-7-9-11-22-16-32(22,5)41-30(38)34-27(29(35)37)31(2,3)4/h12-15,18-19,22,25-27H,7-11,16-17H2,1-6H3,(H,34,38)/t19-,22+,25+,26-,27+,32+/m0/s1. The molecule has 1 aliphatic carbocycles. The Balaban J connectivity index is 1.50. The number of carbonyl (C=O) groups excluding carboxylic acids is 3. The fourth-order valence-electron chi connectivity index (χ4n) is 6.31. The first-order chi connectivity index (χ1) is 19.4. The van der Waals surface area contributed by atoms with Gasteiger partial charge in [-0.2, -0.15) is 0 Å². The summed E-state index contributed by atoms with van der Waals surface area (Å²) in [5, 5.41) is 3.86. The predicted molar refractivity (Wildman–Crippen MR) is 155 cm³/mol. The van der Waals surface area contributed by atoms with Gasteiger partial charge in [0.2, 0.25) is 11.8 Å². The number of aryl methyl sites for hydroxylation is 1. The normalized spacial score (nSPS) is 31.1. The monoisotopic (exact) mass is 565 g/mol. The molecule has 5 rings (SSSR count). The van der Waals surface area contributed by atoms with Crippen molar-refractivity contribution in [1.29, 1.82) is 0 Å². The molecule has 1 N–H and O–H groups in total. The molecule has 0 unspecified atom stereocenters. The van der Waals surface area contributed by atoms with Crippen LogP contribution in [-0.4, -0.2) is 65.6 Å². The summed E-state index contributed by atoms with van der Waals surface area (Å²) in [4.78, 5) is 45.8. The Morgan fingerprint density at radius 1 is 1.17 bits per heavy atom. The molecular formula is C32H43N3O6. The van der Waals surface area contributed by atoms with E-state index in [0.29, 0.717) is 17.5 Å². The summed E-state index contributed by atoms with van der Waals surface area (Å²) in [5.74, 6) is 0.967. The first-order valence-electron chi connectivity index (χ1n) is 14.8. The number of alkyl carbamates (subject to hydrolysis) is 1. The Hall–Kier alpha value is -3.36. The second kappa shape index (κ2) is 11.1. The van der Waals surface area contributed by atoms with Crippen molar-refractivity contribution in [2.45, 2.75) is 96.9 Å². The number of hydrogen-bond acceptors (Lipinski definition) is 7. The summed E-state index contributed by atoms with van der Waals surface area (Å²) < 4.78 is 17.8. The molecule has 3 aliphatic rings. The number of ether oxygens (including phenoxy) is 3. The van der Waals surface area contributed by atoms with E-state index in [4.69, 9.17) is 19.2 Å². The third kappa shape index (κ3) is 5.99. The molecule has 9 nitrogen and oxygen atoms in total. The van der Waals surface area contributed by atoms with E-state index in [2.05, 4.69) is 11.4 Å². The number of fused-ring (bicyclic) bond motifs is 5. The minimum absolute atomic E-state index is 0.212. The van der Waals surface area contributed by atoms with E-state index in [1.165, 1.54) is 0 Å². The van der Waals surface area contributed by atoms with E-state index in [-0.39, 0.29) is 18.4 Å². The second-order valence-corrected chi connectivity index (χ2v) is 13.3. The molecule has 222 valence electrons. The Labute approximate surface area is 242 Å². The highest BCUT2D eigenvalue weighted by Gasteiger charge is 2.54. The topological polar surface area (TPSA) is 107 Å². The van der Waals surface area contributed by atoms with Gasteiger partial charge in [-0.3, -0.25) is 4.79 Å². The lowest BCUT2D eigenvalue weighted by molar-refractivity contribution is -0.139. The smallest absolute Gasteiger partial charge is 0.408 e. The summed E-state index contributed by atoms with van der Waals surface area (Å²) in [6.07, 6.45) is 5.44. The third-order valence-corrected chi connectivity index (χ3v) is 9.17. The molecule has 2 fully saturated rings. The maximum absolute atomic E-state index is 14.0. The van der Waals surface area contributed by atoms with Crippen molar-refractivity contribution in [2.24, 2.45) is 17.3 Å². The predicted octanol–water partition coefficient (Wildman–Crippen LogP) is 5.07. The molecule has 9 heteroatoms. The van der Waals surface area contributed by atoms with Crippen LogP contribution in [0.15, 0.2) is 24.3 Å². The Morgan fingerprint density at radius 2 is 1.95 bits per heavy atom. The lowest BCUT2D eigenvalue weighted by Gasteiger charge is -2.34. The molecule has 2 aliphatic heterocycles. The number of carbonyl (C=O) groups is 3. The zero-order valence-corrected chi connectivity index (χ0v) is 25.1. The van der Waals surface area contributed by atoms with Crippen molar-refractivity contribution in [3.05, 3.63) is 29.8 Å². The molecule has 0 spiro atoms. The number of benzene rings is 1. The third-order valence-electron chi connectivity index (χ3n) is 9.17. The molecular weight excluding hydrogens is 522 g/mol. The maximum Gasteiger partial charge on any atom is 0.408 e. The fourth-order valence-corrected chi connectivity index (χ4v) is 6.31. The average Bonchev–Trinajstić information content (AvgIpc) is 3.44. The van der Waals surface area contributed by atoms with Crippen LogP contribution in [0.3, 0.4) is 0 Å². The minimum atomic E-state index is -0.870. The van der Waals surface area contributed by atoms with Gasteiger partial charge >= 0.3 is 6.09 Å². The zero-order valence-electron chi connectivity index (χ0n) is 25.1. The van der Waals surface area contributed by atoms with Crippen LogP contribution in [0.4, 0.5) is 4.79 Å². The van der Waals surface area contributed by atoms with Crippen molar-refractivity contribution in [3.8, 4) is 11.6 Å². The van der Waals surface area contributed by atoms with Gasteiger partial charge in [0.1, 0.15) is 29.8 Å². The Kier molecular flexibility index (Phi) is 7.92. The summed E-state index contributed by atoms with van der Waals surface area (Å²) in [5.41, 5.74) is 0.661. The van der Waals surface area contributed by atoms with Gasteiger partial charge in [0.05, 0.1) is 25.2 Å². The molecule has 6 atom stereocenters. The lowest BCUT2D eigenvalue weighted by Crippen LogP contribution is -2.56. The summed E-state index contributed by atoms with van der Waals surface area (Å²) in [6.45, 7) is 9.79. The molecule has 2 bridgehead atoms. The number of methoxy groups -OCH3 is 1. The SMILES string of the molecule is COc1ccc2cc3c(nc2c1)O[C@H]1CN(C(=O)[C@H](C(C)(C)C)NC(=O)O[C@]2(C)C[C@H]2CCCCC3)[C@H](C=O)[C@@H]1C. The van der Waals surface area contributed by atoms with Crippen molar-refractivity contribution < 1.29 is 28.6 Å². The zero-order chi connectivity index (χ0) is 29.5. The van der Waals surface area contributed by atoms with Gasteiger partial charge in [-0.15, -0.1) is 0 Å². The molecule has 2 aromatic rings. The average molecular weight is 566 g/mol. The fraction of sp³-hybridized carbons (Fsp3) is 0.625. The maximum atomic E-state index is 14.0. The highest BCUT2D eigenvalue weighted by Crippen LogP contribution is 2.49. The van der Waals surface area contributed by atoms with Crippen LogP contribution in [-0.2, 0) is 20.7 Å². The number of aromatic nitrogens is 1. The van der Waals surface area contributed by atoms with Gasteiger partial charge < -0.3 is 29.2 Å². The van der Waals surface area contributed by atoms with E-state index < -0.39 is 35.3 Å². The Bertz CT molecular complexity index is 1320. The molecule has 3 heterocycles. The van der Waals surface area contributed by atoms with E-state index in [1.807, 2.05) is 52.8 Å². The number of amides is 2. The number of pyridine rings is 1. The van der Waals surface area contributed by atoms with E-state index in [0.717, 1.165) is 61.3 Å². The molecule has 2 amide bonds. The van der Waals surface area contributed by atoms with Crippen LogP contribution in [0.25, 0.3) is 10.9 Å². The lowest BCUT2D eigenvalue weighted by atomic mass is 9.85. The highest BCUT2D eigenvalue weighted by atomic mass is 16.6. The van der Waals surface area contributed by atoms with Crippen LogP contribution in [0.5, 0.6) is 11.6 Å². The molecule has 0 radical (unpaired) electrons. The number of hydrogen-bond donors (Lipinski definition) is 1. The van der Waals surface area contributed by atoms with Crippen LogP contribution in [0.1, 0.15) is 72.3 Å². The van der Waals surface area contributed by atoms with Crippen molar-refractivity contribution in [1.82, 2.24) is 15.2 Å².